The Hall–Kier alpha value is -1.55. The maximum Gasteiger partial charge on any atom is 0.219 e. The Kier molecular flexibility index (Phi) is 11.0. The molecule has 1 aromatic carbocycles. The van der Waals surface area contributed by atoms with Crippen LogP contribution in [-0.2, 0) is 4.79 Å². The molecule has 7 nitrogen and oxygen atoms in total. The van der Waals surface area contributed by atoms with E-state index in [4.69, 9.17) is 4.74 Å². The van der Waals surface area contributed by atoms with E-state index >= 15 is 0 Å². The van der Waals surface area contributed by atoms with E-state index in [0.717, 1.165) is 51.0 Å². The van der Waals surface area contributed by atoms with Gasteiger partial charge in [0.2, 0.25) is 5.91 Å². The van der Waals surface area contributed by atoms with Crippen LogP contribution in [0.5, 0.6) is 5.75 Å². The zero-order valence-electron chi connectivity index (χ0n) is 15.6. The predicted molar refractivity (Wildman–Crippen MR) is 115 cm³/mol. The summed E-state index contributed by atoms with van der Waals surface area (Å²) in [5.74, 6) is 1.82. The van der Waals surface area contributed by atoms with E-state index in [-0.39, 0.29) is 29.9 Å². The number of hydrogen-bond acceptors (Lipinski definition) is 4. The second-order valence-corrected chi connectivity index (χ2v) is 5.93. The number of benzene rings is 1. The van der Waals surface area contributed by atoms with E-state index in [1.54, 1.807) is 14.0 Å². The van der Waals surface area contributed by atoms with Crippen LogP contribution in [0, 0.1) is 0 Å². The summed E-state index contributed by atoms with van der Waals surface area (Å²) in [6.45, 7) is 8.15. The zero-order valence-corrected chi connectivity index (χ0v) is 17.9. The highest BCUT2D eigenvalue weighted by molar-refractivity contribution is 14.0. The van der Waals surface area contributed by atoms with Crippen LogP contribution in [0.3, 0.4) is 0 Å². The molecule has 146 valence electrons. The number of piperazine rings is 1. The number of rotatable bonds is 7. The molecule has 1 fully saturated rings. The highest BCUT2D eigenvalue weighted by Crippen LogP contribution is 2.07. The first kappa shape index (κ1) is 22.5. The maximum atomic E-state index is 11.3. The van der Waals surface area contributed by atoms with Crippen molar-refractivity contribution in [1.82, 2.24) is 20.4 Å². The SMILES string of the molecule is CN=C(NCCOc1ccccc1)NCCN1CCN(C(C)=O)CC1.I. The van der Waals surface area contributed by atoms with Crippen molar-refractivity contribution >= 4 is 35.8 Å². The first-order valence-corrected chi connectivity index (χ1v) is 8.79. The van der Waals surface area contributed by atoms with Crippen LogP contribution >= 0.6 is 24.0 Å². The molecule has 8 heteroatoms. The molecule has 1 saturated heterocycles. The molecular weight excluding hydrogens is 445 g/mol. The monoisotopic (exact) mass is 475 g/mol. The lowest BCUT2D eigenvalue weighted by Gasteiger charge is -2.34. The van der Waals surface area contributed by atoms with Crippen molar-refractivity contribution in [2.75, 3.05) is 59.5 Å². The summed E-state index contributed by atoms with van der Waals surface area (Å²) < 4.78 is 5.64. The Morgan fingerprint density at radius 1 is 1.12 bits per heavy atom. The molecule has 0 radical (unpaired) electrons. The van der Waals surface area contributed by atoms with Crippen molar-refractivity contribution in [3.05, 3.63) is 30.3 Å². The van der Waals surface area contributed by atoms with Crippen molar-refractivity contribution in [2.45, 2.75) is 6.92 Å². The minimum atomic E-state index is 0. The largest absolute Gasteiger partial charge is 0.492 e. The van der Waals surface area contributed by atoms with Gasteiger partial charge in [0, 0.05) is 53.2 Å². The van der Waals surface area contributed by atoms with Crippen LogP contribution in [0.15, 0.2) is 35.3 Å². The lowest BCUT2D eigenvalue weighted by atomic mass is 10.3. The Bertz CT molecular complexity index is 548. The number of carbonyl (C=O) groups excluding carboxylic acids is 1. The van der Waals surface area contributed by atoms with Crippen LogP contribution in [0.25, 0.3) is 0 Å². The van der Waals surface area contributed by atoms with Gasteiger partial charge in [-0.3, -0.25) is 14.7 Å². The maximum absolute atomic E-state index is 11.3. The number of nitrogens with one attached hydrogen (secondary N) is 2. The van der Waals surface area contributed by atoms with Gasteiger partial charge in [0.25, 0.3) is 0 Å². The van der Waals surface area contributed by atoms with Gasteiger partial charge < -0.3 is 20.3 Å². The van der Waals surface area contributed by atoms with Gasteiger partial charge in [-0.05, 0) is 12.1 Å². The number of halogens is 1. The molecule has 1 aromatic rings. The van der Waals surface area contributed by atoms with Crippen molar-refractivity contribution < 1.29 is 9.53 Å². The van der Waals surface area contributed by atoms with Crippen molar-refractivity contribution in [1.29, 1.82) is 0 Å². The van der Waals surface area contributed by atoms with Crippen LogP contribution in [0.2, 0.25) is 0 Å². The molecule has 26 heavy (non-hydrogen) atoms. The molecule has 0 saturated carbocycles. The van der Waals surface area contributed by atoms with Crippen molar-refractivity contribution in [2.24, 2.45) is 4.99 Å². The Morgan fingerprint density at radius 3 is 2.38 bits per heavy atom. The average Bonchev–Trinajstić information content (AvgIpc) is 2.65. The number of guanidine groups is 1. The minimum absolute atomic E-state index is 0. The normalized spacial score (nSPS) is 15.2. The third-order valence-corrected chi connectivity index (χ3v) is 4.17. The predicted octanol–water partition coefficient (Wildman–Crippen LogP) is 1.01. The molecule has 0 atom stereocenters. The van der Waals surface area contributed by atoms with Gasteiger partial charge >= 0.3 is 0 Å². The van der Waals surface area contributed by atoms with Crippen molar-refractivity contribution in [3.8, 4) is 5.75 Å². The number of hydrogen-bond donors (Lipinski definition) is 2. The fraction of sp³-hybridized carbons (Fsp3) is 0.556. The number of amides is 1. The van der Waals surface area contributed by atoms with Gasteiger partial charge in [0.1, 0.15) is 12.4 Å². The zero-order chi connectivity index (χ0) is 17.9. The fourth-order valence-electron chi connectivity index (χ4n) is 2.69. The van der Waals surface area contributed by atoms with Gasteiger partial charge in [-0.2, -0.15) is 0 Å². The smallest absolute Gasteiger partial charge is 0.219 e. The third kappa shape index (κ3) is 8.22. The van der Waals surface area contributed by atoms with Crippen LogP contribution in [0.1, 0.15) is 6.92 Å². The molecule has 0 aromatic heterocycles. The van der Waals surface area contributed by atoms with Gasteiger partial charge in [-0.25, -0.2) is 0 Å². The standard InChI is InChI=1S/C18H29N5O2.HI/c1-16(24)23-13-11-22(12-14-23)10-8-20-18(19-2)21-9-15-25-17-6-4-3-5-7-17;/h3-7H,8-15H2,1-2H3,(H2,19,20,21);1H. The number of ether oxygens (including phenoxy) is 1. The summed E-state index contributed by atoms with van der Waals surface area (Å²) in [4.78, 5) is 19.8. The molecule has 1 heterocycles. The fourth-order valence-corrected chi connectivity index (χ4v) is 2.69. The second kappa shape index (κ2) is 12.7. The topological polar surface area (TPSA) is 69.2 Å². The minimum Gasteiger partial charge on any atom is -0.492 e. The molecule has 2 rings (SSSR count). The molecule has 0 unspecified atom stereocenters. The van der Waals surface area contributed by atoms with E-state index in [1.165, 1.54) is 0 Å². The first-order chi connectivity index (χ1) is 12.2. The van der Waals surface area contributed by atoms with Gasteiger partial charge in [-0.1, -0.05) is 18.2 Å². The summed E-state index contributed by atoms with van der Waals surface area (Å²) in [5.41, 5.74) is 0. The summed E-state index contributed by atoms with van der Waals surface area (Å²) in [7, 11) is 1.76. The second-order valence-electron chi connectivity index (χ2n) is 5.93. The number of aliphatic imine (C=N–C) groups is 1. The third-order valence-electron chi connectivity index (χ3n) is 4.17. The van der Waals surface area contributed by atoms with E-state index in [9.17, 15) is 4.79 Å². The van der Waals surface area contributed by atoms with E-state index in [2.05, 4.69) is 20.5 Å². The van der Waals surface area contributed by atoms with Crippen LogP contribution in [-0.4, -0.2) is 81.1 Å². The summed E-state index contributed by atoms with van der Waals surface area (Å²) in [6, 6.07) is 9.77. The lowest BCUT2D eigenvalue weighted by molar-refractivity contribution is -0.130. The summed E-state index contributed by atoms with van der Waals surface area (Å²) in [5, 5.41) is 6.55. The summed E-state index contributed by atoms with van der Waals surface area (Å²) in [6.07, 6.45) is 0. The number of carbonyl (C=O) groups is 1. The molecule has 1 amide bonds. The molecule has 0 spiro atoms. The molecular formula is C18H30IN5O2. The quantitative estimate of drug-likeness (QED) is 0.267. The van der Waals surface area contributed by atoms with E-state index in [1.807, 2.05) is 35.2 Å². The first-order valence-electron chi connectivity index (χ1n) is 8.79. The number of para-hydroxylation sites is 1. The Balaban J connectivity index is 0.00000338. The molecule has 1 aliphatic rings. The molecule has 1 aliphatic heterocycles. The van der Waals surface area contributed by atoms with Gasteiger partial charge in [-0.15, -0.1) is 24.0 Å². The van der Waals surface area contributed by atoms with Gasteiger partial charge in [0.15, 0.2) is 5.96 Å². The lowest BCUT2D eigenvalue weighted by Crippen LogP contribution is -2.50. The molecule has 0 bridgehead atoms. The molecule has 2 N–H and O–H groups in total. The average molecular weight is 475 g/mol. The van der Waals surface area contributed by atoms with Gasteiger partial charge in [0.05, 0.1) is 6.54 Å². The number of nitrogens with zero attached hydrogens (tertiary/aromatic N) is 3. The van der Waals surface area contributed by atoms with Crippen LogP contribution < -0.4 is 15.4 Å². The Morgan fingerprint density at radius 2 is 1.77 bits per heavy atom. The molecule has 0 aliphatic carbocycles. The van der Waals surface area contributed by atoms with Crippen LogP contribution in [0.4, 0.5) is 0 Å². The Labute approximate surface area is 173 Å². The van der Waals surface area contributed by atoms with E-state index < -0.39 is 0 Å². The van der Waals surface area contributed by atoms with E-state index in [0.29, 0.717) is 13.2 Å². The highest BCUT2D eigenvalue weighted by atomic mass is 127. The van der Waals surface area contributed by atoms with Crippen molar-refractivity contribution in [3.63, 3.8) is 0 Å². The summed E-state index contributed by atoms with van der Waals surface area (Å²) >= 11 is 0. The highest BCUT2D eigenvalue weighted by Gasteiger charge is 2.17.